The summed E-state index contributed by atoms with van der Waals surface area (Å²) in [7, 11) is 0. The van der Waals surface area contributed by atoms with E-state index in [0.717, 1.165) is 44.5 Å². The van der Waals surface area contributed by atoms with Crippen molar-refractivity contribution in [1.82, 2.24) is 4.57 Å². The molecule has 0 atom stereocenters. The molecule has 0 radical (unpaired) electrons. The summed E-state index contributed by atoms with van der Waals surface area (Å²) in [6, 6.07) is 15.5. The van der Waals surface area contributed by atoms with Crippen LogP contribution in [-0.4, -0.2) is 21.9 Å². The van der Waals surface area contributed by atoms with Gasteiger partial charge >= 0.3 is 5.97 Å². The quantitative estimate of drug-likeness (QED) is 0.373. The third kappa shape index (κ3) is 3.30. The number of hydrogen-bond acceptors (Lipinski definition) is 2. The third-order valence-corrected chi connectivity index (χ3v) is 6.04. The van der Waals surface area contributed by atoms with Crippen molar-refractivity contribution in [3.8, 4) is 16.8 Å². The predicted molar refractivity (Wildman–Crippen MR) is 126 cm³/mol. The summed E-state index contributed by atoms with van der Waals surface area (Å²) in [4.78, 5) is 16.1. The Morgan fingerprint density at radius 2 is 1.88 bits per heavy atom. The van der Waals surface area contributed by atoms with E-state index >= 15 is 0 Å². The summed E-state index contributed by atoms with van der Waals surface area (Å²) < 4.78 is 15.8. The molecule has 160 valence electrons. The molecule has 2 heterocycles. The minimum Gasteiger partial charge on any atom is -0.478 e. The second-order valence-electron chi connectivity index (χ2n) is 8.30. The van der Waals surface area contributed by atoms with Crippen LogP contribution in [0.3, 0.4) is 0 Å². The van der Waals surface area contributed by atoms with Crippen LogP contribution in [0.15, 0.2) is 59.6 Å². The van der Waals surface area contributed by atoms with Crippen molar-refractivity contribution in [3.63, 3.8) is 0 Å². The van der Waals surface area contributed by atoms with Crippen LogP contribution in [0.5, 0.6) is 0 Å². The Kier molecular flexibility index (Phi) is 4.86. The van der Waals surface area contributed by atoms with Crippen LogP contribution in [0.25, 0.3) is 27.7 Å². The summed E-state index contributed by atoms with van der Waals surface area (Å²) in [5, 5.41) is 10.9. The number of hydrogen-bond donors (Lipinski definition) is 1. The van der Waals surface area contributed by atoms with Crippen molar-refractivity contribution in [2.45, 2.75) is 26.3 Å². The van der Waals surface area contributed by atoms with E-state index in [-0.39, 0.29) is 17.3 Å². The lowest BCUT2D eigenvalue weighted by Crippen LogP contribution is -2.04. The molecule has 0 fully saturated rings. The number of benzene rings is 3. The minimum absolute atomic E-state index is 0.0956. The molecule has 4 nitrogen and oxygen atoms in total. The van der Waals surface area contributed by atoms with Crippen LogP contribution in [0.2, 0.25) is 5.02 Å². The maximum atomic E-state index is 13.7. The van der Waals surface area contributed by atoms with Crippen LogP contribution < -0.4 is 0 Å². The maximum Gasteiger partial charge on any atom is 0.335 e. The minimum atomic E-state index is -1.03. The van der Waals surface area contributed by atoms with Crippen LogP contribution in [0.4, 0.5) is 4.39 Å². The van der Waals surface area contributed by atoms with E-state index < -0.39 is 5.97 Å². The lowest BCUT2D eigenvalue weighted by molar-refractivity contribution is 0.0697. The molecule has 6 heteroatoms. The zero-order valence-electron chi connectivity index (χ0n) is 17.6. The fourth-order valence-electron chi connectivity index (χ4n) is 4.49. The average molecular weight is 447 g/mol. The average Bonchev–Trinajstić information content (AvgIpc) is 3.34. The number of carboxylic acids is 1. The van der Waals surface area contributed by atoms with Gasteiger partial charge in [0, 0.05) is 33.6 Å². The fourth-order valence-corrected chi connectivity index (χ4v) is 4.72. The SMILES string of the molecule is CC(C)c1c(-c2cc(Cl)cc(C(=O)O)c2)c2cc3c(cc2n1-c1ccc(F)cc1)C=NC3. The van der Waals surface area contributed by atoms with Crippen molar-refractivity contribution in [2.75, 3.05) is 0 Å². The van der Waals surface area contributed by atoms with Gasteiger partial charge in [0.1, 0.15) is 5.82 Å². The Labute approximate surface area is 189 Å². The number of nitrogens with zero attached hydrogens (tertiary/aromatic N) is 2. The molecule has 0 bridgehead atoms. The summed E-state index contributed by atoms with van der Waals surface area (Å²) in [5.41, 5.74) is 6.77. The molecule has 0 aliphatic carbocycles. The first-order valence-corrected chi connectivity index (χ1v) is 10.7. The highest BCUT2D eigenvalue weighted by molar-refractivity contribution is 6.31. The highest BCUT2D eigenvalue weighted by atomic mass is 35.5. The number of rotatable bonds is 4. The second kappa shape index (κ2) is 7.61. The molecular formula is C26H20ClFN2O2. The standard InChI is InChI=1S/C26H20ClFN2O2/c1-14(2)25-24(15-7-16(26(31)32)9-19(27)8-15)22-10-17-12-29-13-18(17)11-23(22)30(25)21-5-3-20(28)4-6-21/h3-11,13-14H,12H2,1-2H3,(H,31,32). The largest absolute Gasteiger partial charge is 0.478 e. The van der Waals surface area contributed by atoms with E-state index in [9.17, 15) is 14.3 Å². The topological polar surface area (TPSA) is 54.6 Å². The Bertz CT molecular complexity index is 1420. The smallest absolute Gasteiger partial charge is 0.335 e. The van der Waals surface area contributed by atoms with E-state index in [1.807, 2.05) is 6.21 Å². The third-order valence-electron chi connectivity index (χ3n) is 5.82. The summed E-state index contributed by atoms with van der Waals surface area (Å²) >= 11 is 6.33. The Balaban J connectivity index is 1.92. The molecule has 0 amide bonds. The van der Waals surface area contributed by atoms with Crippen molar-refractivity contribution >= 4 is 34.7 Å². The van der Waals surface area contributed by atoms with E-state index in [1.54, 1.807) is 24.3 Å². The summed E-state index contributed by atoms with van der Waals surface area (Å²) in [6.45, 7) is 4.80. The molecule has 0 saturated carbocycles. The van der Waals surface area contributed by atoms with Gasteiger partial charge in [0.15, 0.2) is 0 Å². The molecule has 1 aliphatic rings. The second-order valence-corrected chi connectivity index (χ2v) is 8.73. The van der Waals surface area contributed by atoms with Crippen molar-refractivity contribution in [1.29, 1.82) is 0 Å². The van der Waals surface area contributed by atoms with Gasteiger partial charge in [-0.25, -0.2) is 9.18 Å². The number of carbonyl (C=O) groups is 1. The van der Waals surface area contributed by atoms with Gasteiger partial charge in [-0.3, -0.25) is 4.99 Å². The molecule has 0 unspecified atom stereocenters. The summed E-state index contributed by atoms with van der Waals surface area (Å²) in [6.07, 6.45) is 1.87. The highest BCUT2D eigenvalue weighted by Crippen LogP contribution is 2.43. The lowest BCUT2D eigenvalue weighted by Gasteiger charge is -2.16. The van der Waals surface area contributed by atoms with E-state index in [2.05, 4.69) is 35.5 Å². The molecule has 0 spiro atoms. The Hall–Kier alpha value is -3.44. The van der Waals surface area contributed by atoms with Gasteiger partial charge in [-0.15, -0.1) is 0 Å². The maximum absolute atomic E-state index is 13.7. The van der Waals surface area contributed by atoms with Gasteiger partial charge in [0.05, 0.1) is 17.6 Å². The van der Waals surface area contributed by atoms with Crippen LogP contribution in [0, 0.1) is 5.82 Å². The zero-order valence-corrected chi connectivity index (χ0v) is 18.3. The predicted octanol–water partition coefficient (Wildman–Crippen LogP) is 6.84. The summed E-state index contributed by atoms with van der Waals surface area (Å²) in [5.74, 6) is -1.24. The number of aromatic nitrogens is 1. The number of halogens is 2. The van der Waals surface area contributed by atoms with Crippen molar-refractivity contribution < 1.29 is 14.3 Å². The highest BCUT2D eigenvalue weighted by Gasteiger charge is 2.25. The van der Waals surface area contributed by atoms with Gasteiger partial charge in [-0.2, -0.15) is 0 Å². The molecule has 1 aromatic heterocycles. The Morgan fingerprint density at radius 3 is 2.56 bits per heavy atom. The van der Waals surface area contributed by atoms with E-state index in [4.69, 9.17) is 11.6 Å². The number of aliphatic imine (C=N–C) groups is 1. The zero-order chi connectivity index (χ0) is 22.6. The van der Waals surface area contributed by atoms with E-state index in [0.29, 0.717) is 11.6 Å². The van der Waals surface area contributed by atoms with Gasteiger partial charge in [0.2, 0.25) is 0 Å². The van der Waals surface area contributed by atoms with Gasteiger partial charge in [-0.05, 0) is 77.2 Å². The normalized spacial score (nSPS) is 12.7. The molecule has 0 saturated heterocycles. The molecule has 3 aromatic carbocycles. The molecule has 1 N–H and O–H groups in total. The molecule has 1 aliphatic heterocycles. The van der Waals surface area contributed by atoms with Crippen molar-refractivity contribution in [2.24, 2.45) is 4.99 Å². The van der Waals surface area contributed by atoms with Crippen LogP contribution >= 0.6 is 11.6 Å². The lowest BCUT2D eigenvalue weighted by atomic mass is 9.94. The first kappa shape index (κ1) is 20.5. The van der Waals surface area contributed by atoms with Gasteiger partial charge < -0.3 is 9.67 Å². The number of fused-ring (bicyclic) bond motifs is 2. The van der Waals surface area contributed by atoms with Crippen LogP contribution in [-0.2, 0) is 6.54 Å². The van der Waals surface area contributed by atoms with Gasteiger partial charge in [0.25, 0.3) is 0 Å². The Morgan fingerprint density at radius 1 is 1.12 bits per heavy atom. The molecular weight excluding hydrogens is 427 g/mol. The first-order valence-electron chi connectivity index (χ1n) is 10.3. The van der Waals surface area contributed by atoms with Gasteiger partial charge in [-0.1, -0.05) is 25.4 Å². The molecule has 32 heavy (non-hydrogen) atoms. The molecule has 5 rings (SSSR count). The van der Waals surface area contributed by atoms with Crippen molar-refractivity contribution in [3.05, 3.63) is 87.8 Å². The first-order chi connectivity index (χ1) is 15.3. The van der Waals surface area contributed by atoms with Crippen LogP contribution in [0.1, 0.15) is 46.9 Å². The number of carboxylic acid groups (broad SMARTS) is 1. The number of aromatic carboxylic acids is 1. The van der Waals surface area contributed by atoms with E-state index in [1.165, 1.54) is 18.2 Å². The fraction of sp³-hybridized carbons (Fsp3) is 0.154. The monoisotopic (exact) mass is 446 g/mol. The molecule has 4 aromatic rings.